The molecule has 1 atom stereocenters. The highest BCUT2D eigenvalue weighted by molar-refractivity contribution is 5.99. The van der Waals surface area contributed by atoms with E-state index in [1.165, 1.54) is 0 Å². The maximum atomic E-state index is 11.9. The Bertz CT molecular complexity index is 744. The second-order valence-corrected chi connectivity index (χ2v) is 5.68. The van der Waals surface area contributed by atoms with Gasteiger partial charge in [0.15, 0.2) is 6.10 Å². The lowest BCUT2D eigenvalue weighted by molar-refractivity contribution is -0.132. The van der Waals surface area contributed by atoms with E-state index >= 15 is 0 Å². The van der Waals surface area contributed by atoms with Crippen molar-refractivity contribution in [2.45, 2.75) is 19.4 Å². The average Bonchev–Trinajstić information content (AvgIpc) is 3.15. The van der Waals surface area contributed by atoms with Crippen LogP contribution in [-0.4, -0.2) is 46.7 Å². The molecule has 3 N–H and O–H groups in total. The Labute approximate surface area is 139 Å². The monoisotopic (exact) mass is 329 g/mol. The third-order valence-corrected chi connectivity index (χ3v) is 3.85. The van der Waals surface area contributed by atoms with Crippen LogP contribution in [0.4, 0.5) is 16.3 Å². The van der Waals surface area contributed by atoms with Crippen LogP contribution in [0.5, 0.6) is 5.75 Å². The molecule has 0 saturated carbocycles. The van der Waals surface area contributed by atoms with Crippen LogP contribution < -0.4 is 15.4 Å². The van der Waals surface area contributed by atoms with Crippen molar-refractivity contribution in [2.24, 2.45) is 0 Å². The van der Waals surface area contributed by atoms with E-state index in [0.29, 0.717) is 30.2 Å². The molecular formula is C16H19N5O3. The Morgan fingerprint density at radius 2 is 2.21 bits per heavy atom. The Kier molecular flexibility index (Phi) is 4.37. The van der Waals surface area contributed by atoms with Crippen molar-refractivity contribution in [1.82, 2.24) is 15.1 Å². The third-order valence-electron chi connectivity index (χ3n) is 3.85. The summed E-state index contributed by atoms with van der Waals surface area (Å²) in [6, 6.07) is 6.57. The highest BCUT2D eigenvalue weighted by Crippen LogP contribution is 2.24. The number of nitrogens with one attached hydrogen (secondary N) is 3. The van der Waals surface area contributed by atoms with Crippen molar-refractivity contribution in [1.29, 1.82) is 0 Å². The fourth-order valence-corrected chi connectivity index (χ4v) is 2.52. The number of carbonyl (C=O) groups excluding carboxylic acids is 2. The van der Waals surface area contributed by atoms with Crippen molar-refractivity contribution < 1.29 is 14.3 Å². The van der Waals surface area contributed by atoms with E-state index in [-0.39, 0.29) is 11.9 Å². The number of likely N-dealkylation sites (tertiary alicyclic amines) is 1. The molecule has 1 aromatic heterocycles. The molecule has 126 valence electrons. The maximum absolute atomic E-state index is 11.9. The van der Waals surface area contributed by atoms with Gasteiger partial charge in [0.05, 0.1) is 6.20 Å². The smallest absolute Gasteiger partial charge is 0.324 e. The zero-order valence-electron chi connectivity index (χ0n) is 13.5. The van der Waals surface area contributed by atoms with E-state index in [0.717, 1.165) is 5.56 Å². The van der Waals surface area contributed by atoms with Gasteiger partial charge in [-0.3, -0.25) is 15.2 Å². The van der Waals surface area contributed by atoms with E-state index < -0.39 is 6.10 Å². The molecule has 0 aliphatic carbocycles. The number of carbonyl (C=O) groups is 2. The summed E-state index contributed by atoms with van der Waals surface area (Å²) in [7, 11) is 1.77. The van der Waals surface area contributed by atoms with Crippen LogP contribution in [0.2, 0.25) is 0 Å². The topological polar surface area (TPSA) is 99.3 Å². The van der Waals surface area contributed by atoms with Crippen LogP contribution in [0.3, 0.4) is 0 Å². The summed E-state index contributed by atoms with van der Waals surface area (Å²) in [5.41, 5.74) is 1.50. The number of H-pyrrole nitrogens is 1. The lowest BCUT2D eigenvalue weighted by atomic mass is 10.2. The number of amides is 3. The van der Waals surface area contributed by atoms with E-state index in [9.17, 15) is 9.59 Å². The van der Waals surface area contributed by atoms with Gasteiger partial charge < -0.3 is 15.0 Å². The van der Waals surface area contributed by atoms with Gasteiger partial charge in [-0.2, -0.15) is 5.10 Å². The van der Waals surface area contributed by atoms with E-state index in [4.69, 9.17) is 4.74 Å². The van der Waals surface area contributed by atoms with E-state index in [1.807, 2.05) is 6.92 Å². The average molecular weight is 329 g/mol. The molecule has 0 unspecified atom stereocenters. The summed E-state index contributed by atoms with van der Waals surface area (Å²) in [6.45, 7) is 2.57. The molecule has 3 rings (SSSR count). The number of nitrogens with zero attached hydrogens (tertiary/aromatic N) is 2. The number of likely N-dealkylation sites (N-methyl/N-ethyl adjacent to an activating group) is 1. The molecular weight excluding hydrogens is 310 g/mol. The Morgan fingerprint density at radius 3 is 2.83 bits per heavy atom. The standard InChI is InChI=1S/C16H19N5O3/c1-10-9-11(24-13-6-8-21(2)15(13)22)3-4-12(10)18-16(23)19-14-5-7-17-20-14/h3-5,7,9,13H,6,8H2,1-2H3,(H3,17,18,19,20,23)/t13-/m0/s1. The Hall–Kier alpha value is -3.03. The number of anilines is 2. The molecule has 8 nitrogen and oxygen atoms in total. The molecule has 1 saturated heterocycles. The van der Waals surface area contributed by atoms with Crippen molar-refractivity contribution in [3.05, 3.63) is 36.0 Å². The lowest BCUT2D eigenvalue weighted by Crippen LogP contribution is -2.29. The molecule has 1 aliphatic heterocycles. The highest BCUT2D eigenvalue weighted by Gasteiger charge is 2.30. The summed E-state index contributed by atoms with van der Waals surface area (Å²) in [5, 5.41) is 11.8. The number of urea groups is 1. The summed E-state index contributed by atoms with van der Waals surface area (Å²) in [4.78, 5) is 25.5. The van der Waals surface area contributed by atoms with Crippen molar-refractivity contribution in [3.8, 4) is 5.75 Å². The molecule has 24 heavy (non-hydrogen) atoms. The highest BCUT2D eigenvalue weighted by atomic mass is 16.5. The lowest BCUT2D eigenvalue weighted by Gasteiger charge is -2.15. The number of aryl methyl sites for hydroxylation is 1. The van der Waals surface area contributed by atoms with Gasteiger partial charge in [0.1, 0.15) is 11.6 Å². The van der Waals surface area contributed by atoms with Gasteiger partial charge in [0.25, 0.3) is 5.91 Å². The summed E-state index contributed by atoms with van der Waals surface area (Å²) in [5.74, 6) is 1.11. The van der Waals surface area contributed by atoms with Gasteiger partial charge in [0, 0.05) is 31.8 Å². The Morgan fingerprint density at radius 1 is 1.38 bits per heavy atom. The molecule has 1 aliphatic rings. The van der Waals surface area contributed by atoms with Crippen LogP contribution in [0.25, 0.3) is 0 Å². The minimum atomic E-state index is -0.433. The summed E-state index contributed by atoms with van der Waals surface area (Å²) >= 11 is 0. The van der Waals surface area contributed by atoms with E-state index in [2.05, 4.69) is 20.8 Å². The number of aromatic amines is 1. The first-order valence-electron chi connectivity index (χ1n) is 7.62. The van der Waals surface area contributed by atoms with Crippen LogP contribution in [0.15, 0.2) is 30.5 Å². The summed E-state index contributed by atoms with van der Waals surface area (Å²) in [6.07, 6.45) is 1.80. The van der Waals surface area contributed by atoms with E-state index in [1.54, 1.807) is 42.4 Å². The number of hydrogen-bond acceptors (Lipinski definition) is 4. The largest absolute Gasteiger partial charge is 0.481 e. The molecule has 0 radical (unpaired) electrons. The van der Waals surface area contributed by atoms with Crippen molar-refractivity contribution in [3.63, 3.8) is 0 Å². The first-order valence-corrected chi connectivity index (χ1v) is 7.62. The first-order chi connectivity index (χ1) is 11.5. The van der Waals surface area contributed by atoms with Crippen LogP contribution in [-0.2, 0) is 4.79 Å². The first kappa shape index (κ1) is 15.9. The van der Waals surface area contributed by atoms with Gasteiger partial charge in [-0.25, -0.2) is 4.79 Å². The molecule has 2 aromatic rings. The number of hydrogen-bond donors (Lipinski definition) is 3. The normalized spacial score (nSPS) is 17.0. The van der Waals surface area contributed by atoms with Gasteiger partial charge in [-0.15, -0.1) is 0 Å². The summed E-state index contributed by atoms with van der Waals surface area (Å²) < 4.78 is 5.75. The maximum Gasteiger partial charge on any atom is 0.324 e. The fraction of sp³-hybridized carbons (Fsp3) is 0.312. The second kappa shape index (κ2) is 6.61. The van der Waals surface area contributed by atoms with Crippen molar-refractivity contribution in [2.75, 3.05) is 24.2 Å². The Balaban J connectivity index is 1.62. The van der Waals surface area contributed by atoms with Crippen LogP contribution in [0.1, 0.15) is 12.0 Å². The molecule has 0 bridgehead atoms. The third kappa shape index (κ3) is 3.48. The minimum absolute atomic E-state index is 0.00575. The molecule has 8 heteroatoms. The quantitative estimate of drug-likeness (QED) is 0.798. The molecule has 1 fully saturated rings. The second-order valence-electron chi connectivity index (χ2n) is 5.68. The predicted molar refractivity (Wildman–Crippen MR) is 89.1 cm³/mol. The van der Waals surface area contributed by atoms with Crippen LogP contribution >= 0.6 is 0 Å². The van der Waals surface area contributed by atoms with Gasteiger partial charge >= 0.3 is 6.03 Å². The zero-order valence-corrected chi connectivity index (χ0v) is 13.5. The number of ether oxygens (including phenoxy) is 1. The SMILES string of the molecule is Cc1cc(O[C@H]2CCN(C)C2=O)ccc1NC(=O)Nc1ccn[nH]1. The van der Waals surface area contributed by atoms with Gasteiger partial charge in [-0.1, -0.05) is 0 Å². The minimum Gasteiger partial charge on any atom is -0.481 e. The molecule has 3 amide bonds. The molecule has 2 heterocycles. The van der Waals surface area contributed by atoms with Gasteiger partial charge in [-0.05, 0) is 30.7 Å². The predicted octanol–water partition coefficient (Wildman–Crippen LogP) is 1.97. The fourth-order valence-electron chi connectivity index (χ4n) is 2.52. The van der Waals surface area contributed by atoms with Crippen molar-refractivity contribution >= 4 is 23.4 Å². The zero-order chi connectivity index (χ0) is 17.1. The number of aromatic nitrogens is 2. The molecule has 1 aromatic carbocycles. The molecule has 0 spiro atoms. The number of rotatable bonds is 4. The van der Waals surface area contributed by atoms with Crippen LogP contribution in [0, 0.1) is 6.92 Å². The number of benzene rings is 1. The van der Waals surface area contributed by atoms with Gasteiger partial charge in [0.2, 0.25) is 0 Å².